The summed E-state index contributed by atoms with van der Waals surface area (Å²) in [4.78, 5) is 30.2. The molecule has 18 aromatic carbocycles. The number of para-hydroxylation sites is 6. The molecule has 0 saturated carbocycles. The Bertz CT molecular complexity index is 9190. The summed E-state index contributed by atoms with van der Waals surface area (Å²) in [6, 6.07) is 146. The molecule has 0 N–H and O–H groups in total. The van der Waals surface area contributed by atoms with Crippen LogP contribution in [0.4, 0.5) is 0 Å². The Hall–Kier alpha value is -18.2. The van der Waals surface area contributed by atoms with Crippen LogP contribution in [0, 0.1) is 22.7 Å². The molecule has 0 unspecified atom stereocenters. The van der Waals surface area contributed by atoms with E-state index in [-0.39, 0.29) is 0 Å². The van der Waals surface area contributed by atoms with Gasteiger partial charge in [-0.2, -0.15) is 10.5 Å². The normalized spacial score (nSPS) is 11.7. The molecule has 0 spiro atoms. The van der Waals surface area contributed by atoms with Crippen molar-refractivity contribution in [3.05, 3.63) is 424 Å². The topological polar surface area (TPSA) is 171 Å². The van der Waals surface area contributed by atoms with E-state index in [4.69, 9.17) is 38.7 Å². The molecule has 26 aromatic rings. The summed E-state index contributed by atoms with van der Waals surface area (Å²) in [5, 5.41) is 35.1. The van der Waals surface area contributed by atoms with E-state index in [2.05, 4.69) is 285 Å². The lowest BCUT2D eigenvalue weighted by atomic mass is 10.0. The molecule has 0 aliphatic rings. The third-order valence-corrected chi connectivity index (χ3v) is 25.2. The van der Waals surface area contributed by atoms with Crippen LogP contribution >= 0.6 is 0 Å². The van der Waals surface area contributed by atoms with Crippen LogP contribution in [0.2, 0.25) is 0 Å². The third-order valence-electron chi connectivity index (χ3n) is 25.2. The summed E-state index contributed by atoms with van der Waals surface area (Å²) in [6.45, 7) is 0. The minimum Gasteiger partial charge on any atom is -0.456 e. The predicted octanol–water partition coefficient (Wildman–Crippen LogP) is 29.0. The summed E-state index contributed by atoms with van der Waals surface area (Å²) < 4.78 is 22.6. The summed E-state index contributed by atoms with van der Waals surface area (Å²) in [5.41, 5.74) is 25.6. The van der Waals surface area contributed by atoms with Crippen molar-refractivity contribution in [2.45, 2.75) is 0 Å². The van der Waals surface area contributed by atoms with Crippen LogP contribution in [-0.2, 0) is 0 Å². The molecule has 8 aromatic heterocycles. The smallest absolute Gasteiger partial charge is 0.164 e. The molecule has 0 atom stereocenters. The van der Waals surface area contributed by atoms with E-state index >= 15 is 0 Å². The predicted molar refractivity (Wildman–Crippen MR) is 524 cm³/mol. The molecule has 0 amide bonds. The van der Waals surface area contributed by atoms with Crippen molar-refractivity contribution in [1.82, 2.24) is 48.2 Å². The van der Waals surface area contributed by atoms with E-state index in [1.165, 1.54) is 5.39 Å². The molecule has 0 bridgehead atoms. The summed E-state index contributed by atoms with van der Waals surface area (Å²) in [6.07, 6.45) is 0. The number of hydrogen-bond donors (Lipinski definition) is 0. The molecule has 0 aliphatic heterocycles. The van der Waals surface area contributed by atoms with E-state index in [0.29, 0.717) is 57.2 Å². The highest BCUT2D eigenvalue weighted by Crippen LogP contribution is 2.50. The molecule has 0 fully saturated rings. The lowest BCUT2D eigenvalue weighted by Gasteiger charge is -2.13. The van der Waals surface area contributed by atoms with Gasteiger partial charge in [-0.15, -0.1) is 0 Å². The van der Waals surface area contributed by atoms with Crippen molar-refractivity contribution < 1.29 is 8.83 Å². The maximum atomic E-state index is 11.0. The van der Waals surface area contributed by atoms with Gasteiger partial charge in [0, 0.05) is 104 Å². The van der Waals surface area contributed by atoms with E-state index in [0.717, 1.165) is 193 Å². The summed E-state index contributed by atoms with van der Waals surface area (Å²) >= 11 is 0. The minimum atomic E-state index is 0.480. The Labute approximate surface area is 742 Å². The van der Waals surface area contributed by atoms with Crippen LogP contribution < -0.4 is 0 Å². The van der Waals surface area contributed by atoms with Gasteiger partial charge in [-0.3, -0.25) is 0 Å². The van der Waals surface area contributed by atoms with Gasteiger partial charge in [0.1, 0.15) is 34.5 Å². The van der Waals surface area contributed by atoms with E-state index in [1.807, 2.05) is 158 Å². The number of nitriles is 2. The zero-order valence-electron chi connectivity index (χ0n) is 69.4. The summed E-state index contributed by atoms with van der Waals surface area (Å²) in [7, 11) is 0. The molecule has 0 radical (unpaired) electrons. The maximum absolute atomic E-state index is 11.0. The van der Waals surface area contributed by atoms with Crippen molar-refractivity contribution in [2.24, 2.45) is 0 Å². The van der Waals surface area contributed by atoms with Crippen LogP contribution in [0.5, 0.6) is 0 Å². The molecule has 8 heterocycles. The van der Waals surface area contributed by atoms with Gasteiger partial charge in [-0.25, -0.2) is 29.9 Å². The van der Waals surface area contributed by atoms with Gasteiger partial charge in [0.2, 0.25) is 0 Å². The van der Waals surface area contributed by atoms with Gasteiger partial charge in [-0.05, 0) is 168 Å². The quantitative estimate of drug-likeness (QED) is 0.115. The van der Waals surface area contributed by atoms with Crippen molar-refractivity contribution >= 4 is 131 Å². The monoisotopic (exact) mass is 1660 g/mol. The fourth-order valence-corrected chi connectivity index (χ4v) is 19.5. The van der Waals surface area contributed by atoms with Crippen molar-refractivity contribution in [2.75, 3.05) is 0 Å². The van der Waals surface area contributed by atoms with Gasteiger partial charge in [0.25, 0.3) is 0 Å². The van der Waals surface area contributed by atoms with Crippen LogP contribution in [0.25, 0.3) is 244 Å². The number of hydrogen-bond acceptors (Lipinski definition) is 10. The van der Waals surface area contributed by atoms with Crippen LogP contribution in [-0.4, -0.2) is 48.2 Å². The number of benzene rings is 18. The largest absolute Gasteiger partial charge is 0.456 e. The Morgan fingerprint density at radius 2 is 0.485 bits per heavy atom. The highest BCUT2D eigenvalue weighted by molar-refractivity contribution is 6.36. The fourth-order valence-electron chi connectivity index (χ4n) is 19.5. The average molecular weight is 1660 g/mol. The van der Waals surface area contributed by atoms with Crippen LogP contribution in [0.1, 0.15) is 11.1 Å². The summed E-state index contributed by atoms with van der Waals surface area (Å²) in [5.74, 6) is 3.17. The SMILES string of the molecule is N#Cc1cc(-c2nc(-c3ccccc3)nc(-c3cccc(-c4ccccc4)c3)n2)ccc1-n1c2ccccc2c2c3c(ccc21)oc1ccc2c(c4ccccc4n2-c2ccccc2)c13.N#Cc1cc(-c2nc(-c3ccccc3)nc(-c3cccc(-c4ccccc4)c3)n2)ccc1-n1c2ccccc2c2c3c(ccc21)oc1ccc2c4ccccc4n(-c4ccccc4)c2c13. The third kappa shape index (κ3) is 12.1. The van der Waals surface area contributed by atoms with Gasteiger partial charge >= 0.3 is 0 Å². The van der Waals surface area contributed by atoms with Crippen molar-refractivity contribution in [3.8, 4) is 125 Å². The minimum absolute atomic E-state index is 0.480. The standard InChI is InChI=1S/2C58H34N6O/c59-35-41-34-40(58-61-56(37-17-6-2-7-18-37)60-57(62-58)39-20-14-19-38(33-39)36-15-4-1-5-16-36)27-29-46(41)64-48-26-13-11-24-45(48)52-49(64)30-32-50-53(52)54-51(65-50)31-28-44-43-23-10-12-25-47(43)63(55(44)54)42-21-8-3-9-22-42;59-35-41-34-40(58-61-56(37-17-6-2-7-18-37)60-57(62-58)39-20-14-19-38(33-39)36-15-4-1-5-16-36)27-28-45(41)64-47-26-13-11-24-44(47)53-49(64)30-32-51-55(53)54-50(65-51)31-29-48-52(54)43-23-10-12-25-46(43)63(48)42-21-8-3-9-22-42/h2*1-34H. The first-order valence-corrected chi connectivity index (χ1v) is 43.2. The molecule has 26 rings (SSSR count). The molecular formula is C116H68N12O2. The van der Waals surface area contributed by atoms with Gasteiger partial charge in [0.15, 0.2) is 34.9 Å². The molecule has 0 aliphatic carbocycles. The molecule has 130 heavy (non-hydrogen) atoms. The van der Waals surface area contributed by atoms with E-state index < -0.39 is 0 Å². The maximum Gasteiger partial charge on any atom is 0.164 e. The van der Waals surface area contributed by atoms with E-state index in [1.54, 1.807) is 0 Å². The molecule has 604 valence electrons. The van der Waals surface area contributed by atoms with Crippen molar-refractivity contribution in [1.29, 1.82) is 10.5 Å². The van der Waals surface area contributed by atoms with Crippen molar-refractivity contribution in [3.63, 3.8) is 0 Å². The Balaban J connectivity index is 0.000000140. The Morgan fingerprint density at radius 1 is 0.192 bits per heavy atom. The second kappa shape index (κ2) is 30.3. The number of aromatic nitrogens is 10. The molecular weight excluding hydrogens is 1590 g/mol. The fraction of sp³-hybridized carbons (Fsp3) is 0. The lowest BCUT2D eigenvalue weighted by Crippen LogP contribution is -2.02. The Morgan fingerprint density at radius 3 is 0.892 bits per heavy atom. The zero-order valence-corrected chi connectivity index (χ0v) is 69.4. The first kappa shape index (κ1) is 74.4. The highest BCUT2D eigenvalue weighted by atomic mass is 16.3. The van der Waals surface area contributed by atoms with Gasteiger partial charge < -0.3 is 27.1 Å². The molecule has 14 nitrogen and oxygen atoms in total. The average Bonchev–Trinajstić information content (AvgIpc) is 1.54. The molecule has 0 saturated heterocycles. The zero-order chi connectivity index (χ0) is 86.0. The first-order chi connectivity index (χ1) is 64.4. The van der Waals surface area contributed by atoms with Gasteiger partial charge in [0.05, 0.1) is 72.0 Å². The second-order valence-corrected chi connectivity index (χ2v) is 32.5. The highest BCUT2D eigenvalue weighted by Gasteiger charge is 2.29. The second-order valence-electron chi connectivity index (χ2n) is 32.5. The van der Waals surface area contributed by atoms with Crippen LogP contribution in [0.15, 0.2) is 421 Å². The number of furan rings is 2. The number of rotatable bonds is 12. The lowest BCUT2D eigenvalue weighted by molar-refractivity contribution is 0.669. The number of nitrogens with zero attached hydrogens (tertiary/aromatic N) is 12. The van der Waals surface area contributed by atoms with Gasteiger partial charge in [-0.1, -0.05) is 267 Å². The van der Waals surface area contributed by atoms with Crippen LogP contribution in [0.3, 0.4) is 0 Å². The molecule has 14 heteroatoms. The Kier molecular flexibility index (Phi) is 17.4. The number of fused-ring (bicyclic) bond motifs is 22. The first-order valence-electron chi connectivity index (χ1n) is 43.2. The van der Waals surface area contributed by atoms with E-state index in [9.17, 15) is 10.5 Å².